The topological polar surface area (TPSA) is 58.1 Å². The van der Waals surface area contributed by atoms with Gasteiger partial charge in [0.2, 0.25) is 11.9 Å². The first kappa shape index (κ1) is 16.2. The molecule has 1 amide bonds. The highest BCUT2D eigenvalue weighted by atomic mass is 19.4. The lowest BCUT2D eigenvalue weighted by Crippen LogP contribution is -2.33. The van der Waals surface area contributed by atoms with Crippen molar-refractivity contribution in [1.82, 2.24) is 14.9 Å². The summed E-state index contributed by atoms with van der Waals surface area (Å²) in [6.07, 6.45) is -3.02. The van der Waals surface area contributed by atoms with E-state index in [0.29, 0.717) is 19.5 Å². The zero-order valence-electron chi connectivity index (χ0n) is 12.6. The van der Waals surface area contributed by atoms with E-state index in [1.54, 1.807) is 4.90 Å². The second-order valence-corrected chi connectivity index (χ2v) is 5.49. The van der Waals surface area contributed by atoms with Crippen molar-refractivity contribution in [1.29, 1.82) is 0 Å². The first-order valence-electron chi connectivity index (χ1n) is 7.43. The van der Waals surface area contributed by atoms with E-state index in [9.17, 15) is 18.0 Å². The van der Waals surface area contributed by atoms with Gasteiger partial charge < -0.3 is 10.2 Å². The van der Waals surface area contributed by atoms with Crippen LogP contribution in [-0.4, -0.2) is 33.4 Å². The molecule has 24 heavy (non-hydrogen) atoms. The summed E-state index contributed by atoms with van der Waals surface area (Å²) in [4.78, 5) is 21.2. The summed E-state index contributed by atoms with van der Waals surface area (Å²) >= 11 is 0. The highest BCUT2D eigenvalue weighted by Gasteiger charge is 2.35. The van der Waals surface area contributed by atoms with Gasteiger partial charge in [0.25, 0.3) is 0 Å². The van der Waals surface area contributed by atoms with Crippen molar-refractivity contribution in [3.63, 3.8) is 0 Å². The van der Waals surface area contributed by atoms with Gasteiger partial charge in [-0.15, -0.1) is 0 Å². The van der Waals surface area contributed by atoms with E-state index in [-0.39, 0.29) is 11.9 Å². The van der Waals surface area contributed by atoms with Crippen LogP contribution in [0.15, 0.2) is 42.6 Å². The van der Waals surface area contributed by atoms with E-state index in [2.05, 4.69) is 15.3 Å². The van der Waals surface area contributed by atoms with Gasteiger partial charge in [-0.3, -0.25) is 4.79 Å². The molecular formula is C16H15F3N4O. The van der Waals surface area contributed by atoms with Crippen LogP contribution in [0.2, 0.25) is 0 Å². The lowest BCUT2D eigenvalue weighted by molar-refractivity contribution is -0.141. The van der Waals surface area contributed by atoms with Crippen LogP contribution in [0.3, 0.4) is 0 Å². The number of anilines is 1. The third kappa shape index (κ3) is 3.64. The summed E-state index contributed by atoms with van der Waals surface area (Å²) in [6, 6.07) is 9.70. The second-order valence-electron chi connectivity index (χ2n) is 5.49. The molecule has 0 saturated carbocycles. The molecular weight excluding hydrogens is 321 g/mol. The molecule has 0 spiro atoms. The quantitative estimate of drug-likeness (QED) is 0.933. The van der Waals surface area contributed by atoms with Gasteiger partial charge in [-0.2, -0.15) is 13.2 Å². The monoisotopic (exact) mass is 336 g/mol. The minimum Gasteiger partial charge on any atom is -0.342 e. The third-order valence-electron chi connectivity index (χ3n) is 3.76. The smallest absolute Gasteiger partial charge is 0.342 e. The third-order valence-corrected chi connectivity index (χ3v) is 3.76. The van der Waals surface area contributed by atoms with Gasteiger partial charge in [-0.25, -0.2) is 9.97 Å². The fourth-order valence-electron chi connectivity index (χ4n) is 2.58. The molecule has 1 aromatic carbocycles. The zero-order valence-corrected chi connectivity index (χ0v) is 12.6. The van der Waals surface area contributed by atoms with Gasteiger partial charge in [0.05, 0.1) is 0 Å². The molecule has 0 radical (unpaired) electrons. The van der Waals surface area contributed by atoms with Gasteiger partial charge >= 0.3 is 6.18 Å². The molecule has 2 aromatic rings. The van der Waals surface area contributed by atoms with E-state index >= 15 is 0 Å². The van der Waals surface area contributed by atoms with Crippen LogP contribution in [0, 0.1) is 0 Å². The highest BCUT2D eigenvalue weighted by Crippen LogP contribution is 2.28. The molecule has 8 heteroatoms. The standard InChI is InChI=1S/C16H15F3N4O/c17-16(18,19)13-6-8-20-15(22-13)21-12-7-9-23(14(12)24)10-11-4-2-1-3-5-11/h1-6,8,12H,7,9-10H2,(H,20,21,22)/t12-/m1/s1. The Morgan fingerprint density at radius 2 is 1.96 bits per heavy atom. The summed E-state index contributed by atoms with van der Waals surface area (Å²) in [5.41, 5.74) is -0.0339. The molecule has 1 aromatic heterocycles. The van der Waals surface area contributed by atoms with E-state index < -0.39 is 17.9 Å². The molecule has 1 atom stereocenters. The van der Waals surface area contributed by atoms with Crippen LogP contribution in [0.4, 0.5) is 19.1 Å². The lowest BCUT2D eigenvalue weighted by atomic mass is 10.2. The lowest BCUT2D eigenvalue weighted by Gasteiger charge is -2.17. The van der Waals surface area contributed by atoms with Gasteiger partial charge in [-0.05, 0) is 18.1 Å². The van der Waals surface area contributed by atoms with E-state index in [1.807, 2.05) is 30.3 Å². The maximum atomic E-state index is 12.7. The van der Waals surface area contributed by atoms with Crippen molar-refractivity contribution in [2.75, 3.05) is 11.9 Å². The zero-order chi connectivity index (χ0) is 17.2. The van der Waals surface area contributed by atoms with Crippen molar-refractivity contribution < 1.29 is 18.0 Å². The minimum atomic E-state index is -4.54. The summed E-state index contributed by atoms with van der Waals surface area (Å²) in [5, 5.41) is 2.71. The number of halogens is 3. The predicted octanol–water partition coefficient (Wildman–Crippen LogP) is 2.71. The number of alkyl halides is 3. The van der Waals surface area contributed by atoms with Crippen molar-refractivity contribution in [3.05, 3.63) is 53.9 Å². The number of nitrogens with zero attached hydrogens (tertiary/aromatic N) is 3. The van der Waals surface area contributed by atoms with Crippen molar-refractivity contribution in [3.8, 4) is 0 Å². The average Bonchev–Trinajstić information content (AvgIpc) is 2.89. The maximum Gasteiger partial charge on any atom is 0.433 e. The van der Waals surface area contributed by atoms with Crippen LogP contribution in [0.5, 0.6) is 0 Å². The normalized spacial score (nSPS) is 18.0. The first-order chi connectivity index (χ1) is 11.4. The number of hydrogen-bond acceptors (Lipinski definition) is 4. The second kappa shape index (κ2) is 6.46. The van der Waals surface area contributed by atoms with Crippen molar-refractivity contribution in [2.45, 2.75) is 25.2 Å². The Hall–Kier alpha value is -2.64. The Bertz CT molecular complexity index is 721. The van der Waals surface area contributed by atoms with Crippen molar-refractivity contribution >= 4 is 11.9 Å². The van der Waals surface area contributed by atoms with E-state index in [1.165, 1.54) is 0 Å². The highest BCUT2D eigenvalue weighted by molar-refractivity contribution is 5.86. The van der Waals surface area contributed by atoms with Gasteiger partial charge in [0.1, 0.15) is 11.7 Å². The molecule has 5 nitrogen and oxygen atoms in total. The number of amides is 1. The molecule has 1 fully saturated rings. The van der Waals surface area contributed by atoms with E-state index in [0.717, 1.165) is 17.8 Å². The number of benzene rings is 1. The molecule has 3 rings (SSSR count). The Morgan fingerprint density at radius 3 is 2.67 bits per heavy atom. The molecule has 126 valence electrons. The fourth-order valence-corrected chi connectivity index (χ4v) is 2.58. The Kier molecular flexibility index (Phi) is 4.37. The van der Waals surface area contributed by atoms with Gasteiger partial charge in [0.15, 0.2) is 0 Å². The number of hydrogen-bond donors (Lipinski definition) is 1. The molecule has 1 aliphatic heterocycles. The number of carbonyl (C=O) groups excluding carboxylic acids is 1. The Balaban J connectivity index is 1.66. The molecule has 0 aliphatic carbocycles. The SMILES string of the molecule is O=C1[C@H](Nc2nccc(C(F)(F)F)n2)CCN1Cc1ccccc1. The van der Waals surface area contributed by atoms with Crippen LogP contribution >= 0.6 is 0 Å². The molecule has 0 bridgehead atoms. The largest absolute Gasteiger partial charge is 0.433 e. The molecule has 2 heterocycles. The summed E-state index contributed by atoms with van der Waals surface area (Å²) < 4.78 is 38.0. The molecule has 1 saturated heterocycles. The first-order valence-corrected chi connectivity index (χ1v) is 7.43. The van der Waals surface area contributed by atoms with Crippen molar-refractivity contribution in [2.24, 2.45) is 0 Å². The minimum absolute atomic E-state index is 0.167. The molecule has 0 unspecified atom stereocenters. The number of rotatable bonds is 4. The summed E-state index contributed by atoms with van der Waals surface area (Å²) in [7, 11) is 0. The Morgan fingerprint density at radius 1 is 1.21 bits per heavy atom. The Labute approximate surface area is 136 Å². The van der Waals surface area contributed by atoms with Crippen LogP contribution in [0.25, 0.3) is 0 Å². The van der Waals surface area contributed by atoms with Gasteiger partial charge in [-0.1, -0.05) is 30.3 Å². The fraction of sp³-hybridized carbons (Fsp3) is 0.312. The van der Waals surface area contributed by atoms with Crippen LogP contribution < -0.4 is 5.32 Å². The van der Waals surface area contributed by atoms with E-state index in [4.69, 9.17) is 0 Å². The molecule has 1 N–H and O–H groups in total. The summed E-state index contributed by atoms with van der Waals surface area (Å²) in [5.74, 6) is -0.357. The number of aromatic nitrogens is 2. The number of nitrogens with one attached hydrogen (secondary N) is 1. The number of carbonyl (C=O) groups is 1. The average molecular weight is 336 g/mol. The number of likely N-dealkylation sites (tertiary alicyclic amines) is 1. The predicted molar refractivity (Wildman–Crippen MR) is 80.9 cm³/mol. The maximum absolute atomic E-state index is 12.7. The summed E-state index contributed by atoms with van der Waals surface area (Å²) in [6.45, 7) is 1.01. The molecule has 1 aliphatic rings. The van der Waals surface area contributed by atoms with Gasteiger partial charge in [0, 0.05) is 19.3 Å². The van der Waals surface area contributed by atoms with Crippen LogP contribution in [-0.2, 0) is 17.5 Å². The van der Waals surface area contributed by atoms with Crippen LogP contribution in [0.1, 0.15) is 17.7 Å².